The average Bonchev–Trinajstić information content (AvgIpc) is 2.36. The van der Waals surface area contributed by atoms with Crippen LogP contribution in [0.4, 0.5) is 10.6 Å². The van der Waals surface area contributed by atoms with E-state index in [9.17, 15) is 13.2 Å². The van der Waals surface area contributed by atoms with E-state index in [0.29, 0.717) is 12.4 Å². The number of sulfonamides is 1. The van der Waals surface area contributed by atoms with Crippen molar-refractivity contribution < 1.29 is 17.9 Å². The largest absolute Gasteiger partial charge is 0.448 e. The van der Waals surface area contributed by atoms with Crippen molar-refractivity contribution >= 4 is 21.9 Å². The molecule has 0 aromatic carbocycles. The van der Waals surface area contributed by atoms with Crippen LogP contribution in [0.2, 0.25) is 0 Å². The van der Waals surface area contributed by atoms with Crippen LogP contribution in [0.25, 0.3) is 0 Å². The van der Waals surface area contributed by atoms with Crippen LogP contribution in [0, 0.1) is 0 Å². The molecule has 0 saturated carbocycles. The molecule has 0 aliphatic carbocycles. The Labute approximate surface area is 111 Å². The molecule has 0 atom stereocenters. The zero-order valence-electron chi connectivity index (χ0n) is 10.4. The second-order valence-electron chi connectivity index (χ2n) is 3.47. The highest BCUT2D eigenvalue weighted by Gasteiger charge is 2.13. The van der Waals surface area contributed by atoms with Crippen molar-refractivity contribution in [3.8, 4) is 0 Å². The van der Waals surface area contributed by atoms with Crippen LogP contribution in [-0.4, -0.2) is 39.2 Å². The summed E-state index contributed by atoms with van der Waals surface area (Å²) in [6.45, 7) is 2.42. The van der Waals surface area contributed by atoms with E-state index in [2.05, 4.69) is 19.8 Å². The summed E-state index contributed by atoms with van der Waals surface area (Å²) in [6.07, 6.45) is 0.297. The van der Waals surface area contributed by atoms with Gasteiger partial charge in [0.05, 0.1) is 0 Å². The predicted molar refractivity (Wildman–Crippen MR) is 69.1 cm³/mol. The van der Waals surface area contributed by atoms with E-state index in [1.54, 1.807) is 6.07 Å². The summed E-state index contributed by atoms with van der Waals surface area (Å²) in [4.78, 5) is 14.3. The van der Waals surface area contributed by atoms with Crippen molar-refractivity contribution in [2.45, 2.75) is 11.8 Å². The van der Waals surface area contributed by atoms with Gasteiger partial charge in [-0.2, -0.15) is 0 Å². The fourth-order valence-electron chi connectivity index (χ4n) is 1.24. The lowest BCUT2D eigenvalue weighted by Crippen LogP contribution is -2.29. The van der Waals surface area contributed by atoms with Crippen molar-refractivity contribution in [1.82, 2.24) is 9.71 Å². The molecule has 0 radical (unpaired) electrons. The number of ether oxygens (including phenoxy) is 1. The Balaban J connectivity index is 2.59. The van der Waals surface area contributed by atoms with Gasteiger partial charge in [-0.05, 0) is 19.1 Å². The van der Waals surface area contributed by atoms with E-state index in [0.717, 1.165) is 0 Å². The molecular weight excluding hydrogens is 272 g/mol. The van der Waals surface area contributed by atoms with Gasteiger partial charge in [-0.25, -0.2) is 22.9 Å². The fourth-order valence-corrected chi connectivity index (χ4v) is 2.19. The Morgan fingerprint density at radius 1 is 1.47 bits per heavy atom. The molecule has 0 aliphatic heterocycles. The van der Waals surface area contributed by atoms with Crippen LogP contribution >= 0.6 is 0 Å². The van der Waals surface area contributed by atoms with Gasteiger partial charge in [0.2, 0.25) is 10.0 Å². The summed E-state index contributed by atoms with van der Waals surface area (Å²) in [5, 5.41) is 2.95. The molecule has 0 spiro atoms. The number of aromatic nitrogens is 1. The quantitative estimate of drug-likeness (QED) is 0.601. The van der Waals surface area contributed by atoms with E-state index in [1.807, 2.05) is 6.92 Å². The third-order valence-electron chi connectivity index (χ3n) is 2.04. The second kappa shape index (κ2) is 6.90. The predicted octanol–water partition coefficient (Wildman–Crippen LogP) is -0.113. The number of pyridine rings is 1. The molecule has 1 aromatic heterocycles. The molecule has 0 bridgehead atoms. The van der Waals surface area contributed by atoms with Crippen molar-refractivity contribution in [1.29, 1.82) is 0 Å². The Morgan fingerprint density at radius 2 is 2.21 bits per heavy atom. The summed E-state index contributed by atoms with van der Waals surface area (Å²) in [5.41, 5.74) is 4.74. The summed E-state index contributed by atoms with van der Waals surface area (Å²) in [5.74, 6) is 0.596. The number of anilines is 1. The van der Waals surface area contributed by atoms with Gasteiger partial charge < -0.3 is 15.8 Å². The first-order valence-electron chi connectivity index (χ1n) is 5.57. The van der Waals surface area contributed by atoms with Gasteiger partial charge in [-0.3, -0.25) is 0 Å². The van der Waals surface area contributed by atoms with Gasteiger partial charge >= 0.3 is 6.09 Å². The summed E-state index contributed by atoms with van der Waals surface area (Å²) >= 11 is 0. The molecule has 1 amide bonds. The molecule has 9 heteroatoms. The number of nitrogens with zero attached hydrogens (tertiary/aromatic N) is 1. The zero-order chi connectivity index (χ0) is 14.3. The highest BCUT2D eigenvalue weighted by molar-refractivity contribution is 7.89. The number of nitrogens with two attached hydrogens (primary N) is 1. The van der Waals surface area contributed by atoms with E-state index in [1.165, 1.54) is 12.3 Å². The highest BCUT2D eigenvalue weighted by Crippen LogP contribution is 2.10. The maximum absolute atomic E-state index is 11.8. The monoisotopic (exact) mass is 288 g/mol. The molecule has 0 unspecified atom stereocenters. The molecule has 19 heavy (non-hydrogen) atoms. The normalized spacial score (nSPS) is 11.0. The smallest absolute Gasteiger partial charge is 0.404 e. The Morgan fingerprint density at radius 3 is 2.74 bits per heavy atom. The number of hydrogen-bond donors (Lipinski definition) is 3. The number of amides is 1. The lowest BCUT2D eigenvalue weighted by atomic mass is 10.4. The number of hydrogen-bond acceptors (Lipinski definition) is 6. The lowest BCUT2D eigenvalue weighted by Gasteiger charge is -2.07. The summed E-state index contributed by atoms with van der Waals surface area (Å²) in [6, 6.07) is 3.00. The van der Waals surface area contributed by atoms with Crippen molar-refractivity contribution in [2.24, 2.45) is 5.73 Å². The topological polar surface area (TPSA) is 123 Å². The molecule has 1 heterocycles. The maximum Gasteiger partial charge on any atom is 0.404 e. The van der Waals surface area contributed by atoms with Gasteiger partial charge in [0.15, 0.2) is 0 Å². The maximum atomic E-state index is 11.8. The first-order chi connectivity index (χ1) is 8.95. The second-order valence-corrected chi connectivity index (χ2v) is 5.24. The highest BCUT2D eigenvalue weighted by atomic mass is 32.2. The van der Waals surface area contributed by atoms with Gasteiger partial charge in [0, 0.05) is 19.3 Å². The number of rotatable bonds is 7. The van der Waals surface area contributed by atoms with E-state index in [4.69, 9.17) is 5.73 Å². The SMILES string of the molecule is CCNc1ccc(S(=O)(=O)NCCOC(N)=O)cn1. The number of nitrogens with one attached hydrogen (secondary N) is 2. The van der Waals surface area contributed by atoms with Gasteiger partial charge in [0.25, 0.3) is 0 Å². The number of primary amides is 1. The van der Waals surface area contributed by atoms with Gasteiger partial charge in [-0.1, -0.05) is 0 Å². The molecule has 0 fully saturated rings. The van der Waals surface area contributed by atoms with Crippen LogP contribution in [0.15, 0.2) is 23.2 Å². The van der Waals surface area contributed by atoms with Gasteiger partial charge in [0.1, 0.15) is 17.3 Å². The summed E-state index contributed by atoms with van der Waals surface area (Å²) < 4.78 is 30.3. The molecule has 0 saturated heterocycles. The van der Waals surface area contributed by atoms with E-state index < -0.39 is 16.1 Å². The fraction of sp³-hybridized carbons (Fsp3) is 0.400. The molecule has 8 nitrogen and oxygen atoms in total. The summed E-state index contributed by atoms with van der Waals surface area (Å²) in [7, 11) is -3.66. The minimum atomic E-state index is -3.66. The molecule has 1 rings (SSSR count). The average molecular weight is 288 g/mol. The molecule has 0 aliphatic rings. The first kappa shape index (κ1) is 15.2. The molecule has 1 aromatic rings. The number of carbonyl (C=O) groups excluding carboxylic acids is 1. The van der Waals surface area contributed by atoms with Crippen LogP contribution in [-0.2, 0) is 14.8 Å². The molecule has 106 valence electrons. The lowest BCUT2D eigenvalue weighted by molar-refractivity contribution is 0.159. The van der Waals surface area contributed by atoms with Crippen molar-refractivity contribution in [3.63, 3.8) is 0 Å². The van der Waals surface area contributed by atoms with Crippen molar-refractivity contribution in [2.75, 3.05) is 25.0 Å². The van der Waals surface area contributed by atoms with E-state index >= 15 is 0 Å². The number of carbonyl (C=O) groups is 1. The van der Waals surface area contributed by atoms with Gasteiger partial charge in [-0.15, -0.1) is 0 Å². The Kier molecular flexibility index (Phi) is 5.52. The van der Waals surface area contributed by atoms with E-state index in [-0.39, 0.29) is 18.0 Å². The van der Waals surface area contributed by atoms with Crippen LogP contribution in [0.1, 0.15) is 6.92 Å². The first-order valence-corrected chi connectivity index (χ1v) is 7.06. The Bertz CT molecular complexity index is 515. The molecular formula is C10H16N4O4S. The Hall–Kier alpha value is -1.87. The minimum absolute atomic E-state index is 0.0354. The van der Waals surface area contributed by atoms with Crippen LogP contribution < -0.4 is 15.8 Å². The van der Waals surface area contributed by atoms with Crippen LogP contribution in [0.3, 0.4) is 0 Å². The third kappa shape index (κ3) is 5.10. The third-order valence-corrected chi connectivity index (χ3v) is 3.49. The zero-order valence-corrected chi connectivity index (χ0v) is 11.2. The standard InChI is InChI=1S/C10H16N4O4S/c1-2-12-9-4-3-8(7-13-9)19(16,17)14-5-6-18-10(11)15/h3-4,7,14H,2,5-6H2,1H3,(H2,11,15)(H,12,13). The van der Waals surface area contributed by atoms with Crippen molar-refractivity contribution in [3.05, 3.63) is 18.3 Å². The van der Waals surface area contributed by atoms with Crippen LogP contribution in [0.5, 0.6) is 0 Å². The minimum Gasteiger partial charge on any atom is -0.448 e. The molecule has 4 N–H and O–H groups in total.